The highest BCUT2D eigenvalue weighted by Gasteiger charge is 2.13. The Labute approximate surface area is 101 Å². The monoisotopic (exact) mass is 262 g/mol. The van der Waals surface area contributed by atoms with Crippen LogP contribution in [0.25, 0.3) is 0 Å². The van der Waals surface area contributed by atoms with E-state index < -0.39 is 10.0 Å². The van der Waals surface area contributed by atoms with E-state index in [0.717, 1.165) is 18.0 Å². The van der Waals surface area contributed by atoms with Gasteiger partial charge in [0.2, 0.25) is 10.0 Å². The van der Waals surface area contributed by atoms with Gasteiger partial charge in [0, 0.05) is 11.4 Å². The average molecular weight is 262 g/mol. The molecule has 4 nitrogen and oxygen atoms in total. The lowest BCUT2D eigenvalue weighted by Crippen LogP contribution is -2.18. The number of hydrogen-bond donors (Lipinski definition) is 2. The fourth-order valence-corrected chi connectivity index (χ4v) is 3.35. The van der Waals surface area contributed by atoms with E-state index in [-0.39, 0.29) is 0 Å². The quantitative estimate of drug-likeness (QED) is 0.815. The van der Waals surface area contributed by atoms with Gasteiger partial charge in [0.05, 0.1) is 0 Å². The van der Waals surface area contributed by atoms with Crippen molar-refractivity contribution in [3.63, 3.8) is 0 Å². The third-order valence-electron chi connectivity index (χ3n) is 2.02. The first-order valence-corrected chi connectivity index (χ1v) is 7.48. The third kappa shape index (κ3) is 3.86. The predicted molar refractivity (Wildman–Crippen MR) is 67.1 cm³/mol. The summed E-state index contributed by atoms with van der Waals surface area (Å²) in [4.78, 5) is 1.04. The molecule has 0 saturated carbocycles. The standard InChI is InChI=1S/C10H18N2O2S2/c1-8(2)6-12-7-9-4-5-10(15-9)16(13,14)11-3/h4-5,8,11-12H,6-7H2,1-3H3. The van der Waals surface area contributed by atoms with Gasteiger partial charge in [-0.3, -0.25) is 0 Å². The van der Waals surface area contributed by atoms with Crippen molar-refractivity contribution in [3.8, 4) is 0 Å². The SMILES string of the molecule is CNS(=O)(=O)c1ccc(CNCC(C)C)s1. The molecule has 16 heavy (non-hydrogen) atoms. The maximum Gasteiger partial charge on any atom is 0.249 e. The van der Waals surface area contributed by atoms with Gasteiger partial charge in [0.1, 0.15) is 4.21 Å². The van der Waals surface area contributed by atoms with Gasteiger partial charge < -0.3 is 5.32 Å². The molecule has 0 aliphatic rings. The van der Waals surface area contributed by atoms with Crippen molar-refractivity contribution >= 4 is 21.4 Å². The van der Waals surface area contributed by atoms with Crippen LogP contribution in [0.15, 0.2) is 16.3 Å². The molecular formula is C10H18N2O2S2. The van der Waals surface area contributed by atoms with Crippen LogP contribution in [0.4, 0.5) is 0 Å². The highest BCUT2D eigenvalue weighted by molar-refractivity contribution is 7.91. The van der Waals surface area contributed by atoms with E-state index in [1.165, 1.54) is 18.4 Å². The summed E-state index contributed by atoms with van der Waals surface area (Å²) in [5.41, 5.74) is 0. The van der Waals surface area contributed by atoms with E-state index in [1.807, 2.05) is 6.07 Å². The van der Waals surface area contributed by atoms with Crippen LogP contribution in [0.3, 0.4) is 0 Å². The average Bonchev–Trinajstić information content (AvgIpc) is 2.66. The Morgan fingerprint density at radius 2 is 2.06 bits per heavy atom. The van der Waals surface area contributed by atoms with Crippen LogP contribution in [0.2, 0.25) is 0 Å². The molecule has 92 valence electrons. The minimum atomic E-state index is -3.28. The summed E-state index contributed by atoms with van der Waals surface area (Å²) in [6.07, 6.45) is 0. The van der Waals surface area contributed by atoms with Crippen molar-refractivity contribution in [2.24, 2.45) is 5.92 Å². The Balaban J connectivity index is 2.59. The van der Waals surface area contributed by atoms with Crippen LogP contribution in [-0.4, -0.2) is 22.0 Å². The number of nitrogens with one attached hydrogen (secondary N) is 2. The summed E-state index contributed by atoms with van der Waals surface area (Å²) < 4.78 is 25.6. The highest BCUT2D eigenvalue weighted by atomic mass is 32.2. The topological polar surface area (TPSA) is 58.2 Å². The van der Waals surface area contributed by atoms with Crippen molar-refractivity contribution in [2.75, 3.05) is 13.6 Å². The van der Waals surface area contributed by atoms with Gasteiger partial charge in [0.15, 0.2) is 0 Å². The van der Waals surface area contributed by atoms with Gasteiger partial charge >= 0.3 is 0 Å². The molecule has 2 N–H and O–H groups in total. The number of hydrogen-bond acceptors (Lipinski definition) is 4. The minimum Gasteiger partial charge on any atom is -0.312 e. The molecule has 6 heteroatoms. The van der Waals surface area contributed by atoms with Crippen molar-refractivity contribution in [1.29, 1.82) is 0 Å². The molecule has 0 fully saturated rings. The van der Waals surface area contributed by atoms with Crippen molar-refractivity contribution in [2.45, 2.75) is 24.6 Å². The molecular weight excluding hydrogens is 244 g/mol. The predicted octanol–water partition coefficient (Wildman–Crippen LogP) is 1.40. The largest absolute Gasteiger partial charge is 0.312 e. The highest BCUT2D eigenvalue weighted by Crippen LogP contribution is 2.20. The molecule has 0 amide bonds. The minimum absolute atomic E-state index is 0.372. The Morgan fingerprint density at radius 3 is 2.62 bits per heavy atom. The van der Waals surface area contributed by atoms with Crippen molar-refractivity contribution < 1.29 is 8.42 Å². The zero-order valence-corrected chi connectivity index (χ0v) is 11.4. The lowest BCUT2D eigenvalue weighted by molar-refractivity contribution is 0.555. The third-order valence-corrected chi connectivity index (χ3v) is 5.01. The first-order valence-electron chi connectivity index (χ1n) is 5.18. The molecule has 1 aromatic rings. The second-order valence-corrected chi connectivity index (χ2v) is 7.23. The second-order valence-electron chi connectivity index (χ2n) is 3.95. The van der Waals surface area contributed by atoms with E-state index in [0.29, 0.717) is 10.1 Å². The van der Waals surface area contributed by atoms with E-state index in [1.54, 1.807) is 6.07 Å². The molecule has 0 atom stereocenters. The van der Waals surface area contributed by atoms with Gasteiger partial charge in [-0.25, -0.2) is 13.1 Å². The van der Waals surface area contributed by atoms with Gasteiger partial charge in [-0.15, -0.1) is 11.3 Å². The lowest BCUT2D eigenvalue weighted by Gasteiger charge is -2.05. The van der Waals surface area contributed by atoms with E-state index >= 15 is 0 Å². The fraction of sp³-hybridized carbons (Fsp3) is 0.600. The summed E-state index contributed by atoms with van der Waals surface area (Å²) in [5.74, 6) is 0.598. The van der Waals surface area contributed by atoms with Crippen LogP contribution < -0.4 is 10.0 Å². The Bertz CT molecular complexity index is 424. The number of rotatable bonds is 6. The zero-order chi connectivity index (χ0) is 12.2. The maximum absolute atomic E-state index is 11.5. The molecule has 0 unspecified atom stereocenters. The van der Waals surface area contributed by atoms with E-state index in [9.17, 15) is 8.42 Å². The first kappa shape index (κ1) is 13.6. The van der Waals surface area contributed by atoms with Gasteiger partial charge in [-0.1, -0.05) is 13.8 Å². The molecule has 1 rings (SSSR count). The normalized spacial score (nSPS) is 12.2. The Hall–Kier alpha value is -0.430. The molecule has 0 radical (unpaired) electrons. The summed E-state index contributed by atoms with van der Waals surface area (Å²) in [7, 11) is -1.86. The fourth-order valence-electron chi connectivity index (χ4n) is 1.18. The van der Waals surface area contributed by atoms with Crippen molar-refractivity contribution in [3.05, 3.63) is 17.0 Å². The molecule has 1 heterocycles. The number of sulfonamides is 1. The smallest absolute Gasteiger partial charge is 0.249 e. The van der Waals surface area contributed by atoms with Crippen LogP contribution in [-0.2, 0) is 16.6 Å². The molecule has 0 aromatic carbocycles. The van der Waals surface area contributed by atoms with Gasteiger partial charge in [0.25, 0.3) is 0 Å². The van der Waals surface area contributed by atoms with Crippen LogP contribution >= 0.6 is 11.3 Å². The first-order chi connectivity index (χ1) is 7.45. The molecule has 0 spiro atoms. The van der Waals surface area contributed by atoms with Crippen LogP contribution in [0.5, 0.6) is 0 Å². The molecule has 0 aliphatic carbocycles. The van der Waals surface area contributed by atoms with E-state index in [4.69, 9.17) is 0 Å². The summed E-state index contributed by atoms with van der Waals surface area (Å²) in [6, 6.07) is 3.49. The Morgan fingerprint density at radius 1 is 1.38 bits per heavy atom. The van der Waals surface area contributed by atoms with E-state index in [2.05, 4.69) is 23.9 Å². The lowest BCUT2D eigenvalue weighted by atomic mass is 10.2. The van der Waals surface area contributed by atoms with Gasteiger partial charge in [-0.05, 0) is 31.6 Å². The molecule has 0 saturated heterocycles. The summed E-state index contributed by atoms with van der Waals surface area (Å²) in [5, 5.41) is 3.28. The Kier molecular flexibility index (Phi) is 4.91. The summed E-state index contributed by atoms with van der Waals surface area (Å²) >= 11 is 1.30. The molecule has 0 aliphatic heterocycles. The summed E-state index contributed by atoms with van der Waals surface area (Å²) in [6.45, 7) is 5.94. The van der Waals surface area contributed by atoms with Crippen molar-refractivity contribution in [1.82, 2.24) is 10.0 Å². The molecule has 0 bridgehead atoms. The zero-order valence-electron chi connectivity index (χ0n) is 9.78. The van der Waals surface area contributed by atoms with Gasteiger partial charge in [-0.2, -0.15) is 0 Å². The van der Waals surface area contributed by atoms with Crippen LogP contribution in [0.1, 0.15) is 18.7 Å². The second kappa shape index (κ2) is 5.77. The molecule has 1 aromatic heterocycles. The number of thiophene rings is 1. The maximum atomic E-state index is 11.5. The van der Waals surface area contributed by atoms with Crippen LogP contribution in [0, 0.1) is 5.92 Å².